The maximum absolute atomic E-state index is 11.6. The number of alkyl carbamates (subject to hydrolysis) is 1. The molecule has 0 bridgehead atoms. The molecule has 25 heavy (non-hydrogen) atoms. The third-order valence-electron chi connectivity index (χ3n) is 3.41. The van der Waals surface area contributed by atoms with E-state index in [0.29, 0.717) is 13.0 Å². The van der Waals surface area contributed by atoms with Crippen molar-refractivity contribution in [1.82, 2.24) is 5.32 Å². The monoisotopic (exact) mass is 339 g/mol. The minimum atomic E-state index is -0.848. The van der Waals surface area contributed by atoms with Crippen LogP contribution in [0.25, 0.3) is 6.08 Å². The van der Waals surface area contributed by atoms with Crippen LogP contribution in [0.1, 0.15) is 23.1 Å². The van der Waals surface area contributed by atoms with Crippen LogP contribution in [0.3, 0.4) is 0 Å². The molecule has 0 saturated heterocycles. The van der Waals surface area contributed by atoms with Gasteiger partial charge in [-0.1, -0.05) is 66.7 Å². The van der Waals surface area contributed by atoms with Crippen LogP contribution in [-0.4, -0.2) is 23.7 Å². The van der Waals surface area contributed by atoms with Crippen LogP contribution in [-0.2, 0) is 22.6 Å². The van der Waals surface area contributed by atoms with Crippen molar-refractivity contribution in [3.8, 4) is 0 Å². The predicted octanol–water partition coefficient (Wildman–Crippen LogP) is 3.64. The first-order valence-electron chi connectivity index (χ1n) is 8.05. The van der Waals surface area contributed by atoms with Gasteiger partial charge >= 0.3 is 12.1 Å². The molecule has 2 aromatic carbocycles. The quantitative estimate of drug-likeness (QED) is 0.720. The van der Waals surface area contributed by atoms with E-state index in [1.54, 1.807) is 6.07 Å². The Labute approximate surface area is 146 Å². The van der Waals surface area contributed by atoms with E-state index in [-0.39, 0.29) is 13.0 Å². The molecule has 2 N–H and O–H groups in total. The number of aliphatic carboxylic acids is 1. The lowest BCUT2D eigenvalue weighted by atomic mass is 10.1. The molecule has 1 amide bonds. The molecular formula is C20H21NO4. The topological polar surface area (TPSA) is 75.6 Å². The highest BCUT2D eigenvalue weighted by molar-refractivity contribution is 5.70. The van der Waals surface area contributed by atoms with E-state index < -0.39 is 12.1 Å². The normalized spacial score (nSPS) is 10.6. The van der Waals surface area contributed by atoms with Crippen LogP contribution in [0, 0.1) is 0 Å². The Morgan fingerprint density at radius 2 is 1.80 bits per heavy atom. The highest BCUT2D eigenvalue weighted by Gasteiger charge is 2.01. The van der Waals surface area contributed by atoms with E-state index in [9.17, 15) is 9.59 Å². The molecule has 130 valence electrons. The van der Waals surface area contributed by atoms with E-state index in [4.69, 9.17) is 9.84 Å². The molecule has 0 aliphatic carbocycles. The highest BCUT2D eigenvalue weighted by Crippen LogP contribution is 2.08. The maximum atomic E-state index is 11.6. The fourth-order valence-corrected chi connectivity index (χ4v) is 2.23. The predicted molar refractivity (Wildman–Crippen MR) is 96.1 cm³/mol. The molecule has 0 aromatic heterocycles. The summed E-state index contributed by atoms with van der Waals surface area (Å²) in [6.45, 7) is 0.720. The molecule has 0 heterocycles. The molecule has 0 atom stereocenters. The van der Waals surface area contributed by atoms with Gasteiger partial charge in [-0.2, -0.15) is 0 Å². The number of benzene rings is 2. The third kappa shape index (κ3) is 7.35. The second-order valence-corrected chi connectivity index (χ2v) is 5.50. The van der Waals surface area contributed by atoms with Crippen LogP contribution in [0.5, 0.6) is 0 Å². The van der Waals surface area contributed by atoms with E-state index in [1.165, 1.54) is 0 Å². The summed E-state index contributed by atoms with van der Waals surface area (Å²) in [5, 5.41) is 11.5. The smallest absolute Gasteiger partial charge is 0.407 e. The van der Waals surface area contributed by atoms with Crippen molar-refractivity contribution in [2.45, 2.75) is 19.4 Å². The average Bonchev–Trinajstić information content (AvgIpc) is 2.60. The van der Waals surface area contributed by atoms with Crippen molar-refractivity contribution in [3.63, 3.8) is 0 Å². The molecule has 5 nitrogen and oxygen atoms in total. The Bertz CT molecular complexity index is 725. The molecule has 0 spiro atoms. The number of hydrogen-bond acceptors (Lipinski definition) is 3. The lowest BCUT2D eigenvalue weighted by Gasteiger charge is -2.06. The van der Waals surface area contributed by atoms with Crippen molar-refractivity contribution >= 4 is 18.1 Å². The van der Waals surface area contributed by atoms with Gasteiger partial charge in [-0.15, -0.1) is 0 Å². The summed E-state index contributed by atoms with van der Waals surface area (Å²) in [4.78, 5) is 22.3. The van der Waals surface area contributed by atoms with Crippen LogP contribution in [0.4, 0.5) is 4.79 Å². The molecule has 0 radical (unpaired) electrons. The first-order chi connectivity index (χ1) is 12.1. The minimum Gasteiger partial charge on any atom is -0.481 e. The largest absolute Gasteiger partial charge is 0.481 e. The fraction of sp³-hybridized carbons (Fsp3) is 0.200. The zero-order chi connectivity index (χ0) is 17.9. The van der Waals surface area contributed by atoms with Crippen LogP contribution < -0.4 is 5.32 Å². The second-order valence-electron chi connectivity index (χ2n) is 5.50. The van der Waals surface area contributed by atoms with Crippen LogP contribution in [0.15, 0.2) is 60.7 Å². The van der Waals surface area contributed by atoms with Gasteiger partial charge in [-0.3, -0.25) is 4.79 Å². The van der Waals surface area contributed by atoms with Gasteiger partial charge in [0.2, 0.25) is 0 Å². The first-order valence-corrected chi connectivity index (χ1v) is 8.05. The van der Waals surface area contributed by atoms with Crippen molar-refractivity contribution in [2.75, 3.05) is 6.54 Å². The molecule has 0 unspecified atom stereocenters. The number of carbonyl (C=O) groups excluding carboxylic acids is 1. The van der Waals surface area contributed by atoms with Crippen molar-refractivity contribution < 1.29 is 19.4 Å². The standard InChI is InChI=1S/C20H21NO4/c22-19(23)14-18-11-6-10-16(13-18)7-4-5-12-21-20(24)25-15-17-8-2-1-3-9-17/h1-4,6-11,13H,5,12,14-15H2,(H,21,24)(H,22,23). The van der Waals surface area contributed by atoms with Gasteiger partial charge in [-0.05, 0) is 23.1 Å². The number of carboxylic acids is 1. The maximum Gasteiger partial charge on any atom is 0.407 e. The fourth-order valence-electron chi connectivity index (χ4n) is 2.23. The third-order valence-corrected chi connectivity index (χ3v) is 3.41. The highest BCUT2D eigenvalue weighted by atomic mass is 16.5. The number of rotatable bonds is 8. The molecule has 0 saturated carbocycles. The molecular weight excluding hydrogens is 318 g/mol. The summed E-state index contributed by atoms with van der Waals surface area (Å²) in [5.41, 5.74) is 2.64. The SMILES string of the molecule is O=C(O)Cc1cccc(C=CCCNC(=O)OCc2ccccc2)c1. The van der Waals surface area contributed by atoms with Crippen molar-refractivity contribution in [2.24, 2.45) is 0 Å². The van der Waals surface area contributed by atoms with Crippen molar-refractivity contribution in [3.05, 3.63) is 77.4 Å². The summed E-state index contributed by atoms with van der Waals surface area (Å²) >= 11 is 0. The first kappa shape index (κ1) is 18.3. The zero-order valence-electron chi connectivity index (χ0n) is 13.9. The number of hydrogen-bond donors (Lipinski definition) is 2. The Balaban J connectivity index is 1.67. The summed E-state index contributed by atoms with van der Waals surface area (Å²) in [7, 11) is 0. The Morgan fingerprint density at radius 1 is 1.04 bits per heavy atom. The van der Waals surface area contributed by atoms with E-state index >= 15 is 0 Å². The van der Waals surface area contributed by atoms with Gasteiger partial charge < -0.3 is 15.2 Å². The molecule has 5 heteroatoms. The van der Waals surface area contributed by atoms with E-state index in [2.05, 4.69) is 5.32 Å². The number of ether oxygens (including phenoxy) is 1. The minimum absolute atomic E-state index is 0.0104. The van der Waals surface area contributed by atoms with Crippen molar-refractivity contribution in [1.29, 1.82) is 0 Å². The van der Waals surface area contributed by atoms with E-state index in [1.807, 2.05) is 60.7 Å². The summed E-state index contributed by atoms with van der Waals surface area (Å²) in [6, 6.07) is 16.9. The second kappa shape index (κ2) is 9.93. The molecule has 2 rings (SSSR count). The molecule has 0 aliphatic rings. The Kier molecular flexibility index (Phi) is 7.25. The number of amides is 1. The number of carbonyl (C=O) groups is 2. The van der Waals surface area contributed by atoms with Crippen LogP contribution in [0.2, 0.25) is 0 Å². The summed E-state index contributed by atoms with van der Waals surface area (Å²) < 4.78 is 5.12. The number of nitrogens with one attached hydrogen (secondary N) is 1. The van der Waals surface area contributed by atoms with Gasteiger partial charge in [0.05, 0.1) is 6.42 Å². The van der Waals surface area contributed by atoms with Gasteiger partial charge in [0, 0.05) is 6.54 Å². The van der Waals surface area contributed by atoms with Gasteiger partial charge in [0.25, 0.3) is 0 Å². The average molecular weight is 339 g/mol. The van der Waals surface area contributed by atoms with Crippen LogP contribution >= 0.6 is 0 Å². The van der Waals surface area contributed by atoms with Gasteiger partial charge in [-0.25, -0.2) is 4.79 Å². The number of carboxylic acid groups (broad SMARTS) is 1. The Hall–Kier alpha value is -3.08. The van der Waals surface area contributed by atoms with Gasteiger partial charge in [0.1, 0.15) is 6.61 Å². The zero-order valence-corrected chi connectivity index (χ0v) is 13.9. The lowest BCUT2D eigenvalue weighted by Crippen LogP contribution is -2.24. The molecule has 2 aromatic rings. The Morgan fingerprint density at radius 3 is 2.56 bits per heavy atom. The summed E-state index contributed by atoms with van der Waals surface area (Å²) in [5.74, 6) is -0.848. The molecule has 0 fully saturated rings. The summed E-state index contributed by atoms with van der Waals surface area (Å²) in [6.07, 6.45) is 4.06. The van der Waals surface area contributed by atoms with Gasteiger partial charge in [0.15, 0.2) is 0 Å². The van der Waals surface area contributed by atoms with E-state index in [0.717, 1.165) is 16.7 Å². The molecule has 0 aliphatic heterocycles. The lowest BCUT2D eigenvalue weighted by molar-refractivity contribution is -0.136.